The zero-order chi connectivity index (χ0) is 18.4. The van der Waals surface area contributed by atoms with E-state index in [0.717, 1.165) is 17.5 Å². The Morgan fingerprint density at radius 3 is 2.81 bits per heavy atom. The van der Waals surface area contributed by atoms with E-state index in [1.54, 1.807) is 13.1 Å². The number of hydrogen-bond donors (Lipinski definition) is 2. The fourth-order valence-electron chi connectivity index (χ4n) is 2.69. The molecule has 2 aromatic rings. The Kier molecular flexibility index (Phi) is 6.17. The first-order chi connectivity index (χ1) is 12.7. The highest BCUT2D eigenvalue weighted by atomic mass is 35.5. The van der Waals surface area contributed by atoms with Crippen molar-refractivity contribution in [2.24, 2.45) is 4.99 Å². The molecule has 138 valence electrons. The second-order valence-corrected chi connectivity index (χ2v) is 6.24. The van der Waals surface area contributed by atoms with Crippen LogP contribution in [-0.2, 0) is 13.0 Å². The minimum atomic E-state index is -0.247. The number of aliphatic imine (C=N–C) groups is 1. The molecule has 0 bridgehead atoms. The van der Waals surface area contributed by atoms with Gasteiger partial charge in [0.25, 0.3) is 0 Å². The van der Waals surface area contributed by atoms with Crippen molar-refractivity contribution in [1.29, 1.82) is 0 Å². The van der Waals surface area contributed by atoms with Crippen LogP contribution in [0.15, 0.2) is 41.4 Å². The van der Waals surface area contributed by atoms with Gasteiger partial charge in [-0.25, -0.2) is 4.39 Å². The summed E-state index contributed by atoms with van der Waals surface area (Å²) in [7, 11) is 1.70. The molecule has 0 aromatic heterocycles. The lowest BCUT2D eigenvalue weighted by molar-refractivity contribution is 0.171. The molecule has 1 aliphatic heterocycles. The molecule has 26 heavy (non-hydrogen) atoms. The minimum absolute atomic E-state index is 0.247. The molecule has 2 N–H and O–H groups in total. The van der Waals surface area contributed by atoms with Crippen LogP contribution in [0.3, 0.4) is 0 Å². The highest BCUT2D eigenvalue weighted by Crippen LogP contribution is 2.38. The van der Waals surface area contributed by atoms with E-state index in [0.29, 0.717) is 48.8 Å². The van der Waals surface area contributed by atoms with Crippen LogP contribution in [0, 0.1) is 5.82 Å². The lowest BCUT2D eigenvalue weighted by Gasteiger charge is -2.20. The Morgan fingerprint density at radius 2 is 2.00 bits per heavy atom. The number of benzene rings is 2. The molecule has 0 aliphatic carbocycles. The number of hydrogen-bond acceptors (Lipinski definition) is 3. The smallest absolute Gasteiger partial charge is 0.191 e. The predicted octanol–water partition coefficient (Wildman–Crippen LogP) is 3.16. The Hall–Kier alpha value is -2.47. The molecule has 5 nitrogen and oxygen atoms in total. The van der Waals surface area contributed by atoms with Gasteiger partial charge in [-0.1, -0.05) is 23.7 Å². The van der Waals surface area contributed by atoms with Crippen molar-refractivity contribution in [2.45, 2.75) is 13.0 Å². The number of ether oxygens (including phenoxy) is 2. The molecular weight excluding hydrogens is 357 g/mol. The summed E-state index contributed by atoms with van der Waals surface area (Å²) in [6.45, 7) is 2.20. The van der Waals surface area contributed by atoms with Crippen LogP contribution in [0.5, 0.6) is 11.5 Å². The van der Waals surface area contributed by atoms with E-state index in [4.69, 9.17) is 21.1 Å². The van der Waals surface area contributed by atoms with E-state index in [2.05, 4.69) is 15.6 Å². The van der Waals surface area contributed by atoms with Crippen molar-refractivity contribution in [2.75, 3.05) is 26.8 Å². The molecule has 2 aromatic carbocycles. The van der Waals surface area contributed by atoms with Gasteiger partial charge in [-0.3, -0.25) is 4.99 Å². The van der Waals surface area contributed by atoms with Crippen molar-refractivity contribution in [3.8, 4) is 11.5 Å². The van der Waals surface area contributed by atoms with Gasteiger partial charge in [0.05, 0.1) is 5.02 Å². The third-order valence-corrected chi connectivity index (χ3v) is 4.22. The summed E-state index contributed by atoms with van der Waals surface area (Å²) in [5.41, 5.74) is 1.90. The summed E-state index contributed by atoms with van der Waals surface area (Å²) in [5, 5.41) is 6.96. The van der Waals surface area contributed by atoms with Gasteiger partial charge in [-0.15, -0.1) is 0 Å². The third-order valence-electron chi connectivity index (χ3n) is 3.94. The van der Waals surface area contributed by atoms with E-state index in [9.17, 15) is 4.39 Å². The van der Waals surface area contributed by atoms with Crippen LogP contribution in [0.4, 0.5) is 4.39 Å². The average Bonchev–Trinajstić information content (AvgIpc) is 2.64. The molecule has 0 amide bonds. The minimum Gasteiger partial charge on any atom is -0.486 e. The molecule has 3 rings (SSSR count). The van der Waals surface area contributed by atoms with E-state index in [1.165, 1.54) is 12.1 Å². The third kappa shape index (κ3) is 4.79. The largest absolute Gasteiger partial charge is 0.486 e. The molecule has 0 fully saturated rings. The first kappa shape index (κ1) is 18.3. The summed E-state index contributed by atoms with van der Waals surface area (Å²) in [4.78, 5) is 4.17. The maximum absolute atomic E-state index is 13.2. The Balaban J connectivity index is 1.51. The highest BCUT2D eigenvalue weighted by molar-refractivity contribution is 6.32. The molecule has 0 atom stereocenters. The van der Waals surface area contributed by atoms with Gasteiger partial charge >= 0.3 is 0 Å². The molecule has 0 spiro atoms. The zero-order valence-corrected chi connectivity index (χ0v) is 15.3. The number of nitrogens with one attached hydrogen (secondary N) is 2. The van der Waals surface area contributed by atoms with Crippen LogP contribution < -0.4 is 20.1 Å². The van der Waals surface area contributed by atoms with Gasteiger partial charge < -0.3 is 20.1 Å². The molecule has 0 unspecified atom stereocenters. The van der Waals surface area contributed by atoms with Gasteiger partial charge in [-0.2, -0.15) is 0 Å². The maximum Gasteiger partial charge on any atom is 0.191 e. The average molecular weight is 378 g/mol. The van der Waals surface area contributed by atoms with Crippen molar-refractivity contribution < 1.29 is 13.9 Å². The summed E-state index contributed by atoms with van der Waals surface area (Å²) >= 11 is 6.25. The zero-order valence-electron chi connectivity index (χ0n) is 14.5. The van der Waals surface area contributed by atoms with E-state index in [-0.39, 0.29) is 5.82 Å². The molecule has 0 saturated carbocycles. The number of guanidine groups is 1. The summed E-state index contributed by atoms with van der Waals surface area (Å²) in [6.07, 6.45) is 0.747. The molecule has 1 aliphatic rings. The van der Waals surface area contributed by atoms with Crippen LogP contribution in [0.25, 0.3) is 0 Å². The number of rotatable bonds is 5. The summed E-state index contributed by atoms with van der Waals surface area (Å²) in [6, 6.07) is 10.3. The number of nitrogens with zero attached hydrogens (tertiary/aromatic N) is 1. The molecular formula is C19H21ClFN3O2. The predicted molar refractivity (Wildman–Crippen MR) is 101 cm³/mol. The lowest BCUT2D eigenvalue weighted by Crippen LogP contribution is -2.37. The fourth-order valence-corrected chi connectivity index (χ4v) is 2.97. The normalized spacial score (nSPS) is 13.4. The Bertz CT molecular complexity index is 798. The van der Waals surface area contributed by atoms with Gasteiger partial charge in [0.1, 0.15) is 19.0 Å². The van der Waals surface area contributed by atoms with Crippen LogP contribution >= 0.6 is 11.6 Å². The van der Waals surface area contributed by atoms with Crippen LogP contribution in [-0.4, -0.2) is 32.8 Å². The quantitative estimate of drug-likeness (QED) is 0.621. The van der Waals surface area contributed by atoms with Crippen LogP contribution in [0.1, 0.15) is 11.1 Å². The summed E-state index contributed by atoms with van der Waals surface area (Å²) in [5.74, 6) is 1.70. The molecule has 7 heteroatoms. The molecule has 1 heterocycles. The van der Waals surface area contributed by atoms with E-state index < -0.39 is 0 Å². The SMILES string of the molecule is CN=C(NCCc1cc(Cl)c2c(c1)OCCO2)NCc1cccc(F)c1. The van der Waals surface area contributed by atoms with Gasteiger partial charge in [-0.05, 0) is 41.8 Å². The van der Waals surface area contributed by atoms with Gasteiger partial charge in [0.2, 0.25) is 0 Å². The first-order valence-corrected chi connectivity index (χ1v) is 8.80. The molecule has 0 radical (unpaired) electrons. The van der Waals surface area contributed by atoms with Gasteiger partial charge in [0, 0.05) is 20.1 Å². The van der Waals surface area contributed by atoms with E-state index in [1.807, 2.05) is 18.2 Å². The van der Waals surface area contributed by atoms with Crippen molar-refractivity contribution >= 4 is 17.6 Å². The Morgan fingerprint density at radius 1 is 1.15 bits per heavy atom. The van der Waals surface area contributed by atoms with Crippen LogP contribution in [0.2, 0.25) is 5.02 Å². The number of halogens is 2. The Labute approximate surface area is 157 Å². The second kappa shape index (κ2) is 8.76. The maximum atomic E-state index is 13.2. The summed E-state index contributed by atoms with van der Waals surface area (Å²) < 4.78 is 24.3. The second-order valence-electron chi connectivity index (χ2n) is 5.83. The molecule has 0 saturated heterocycles. The topological polar surface area (TPSA) is 54.9 Å². The standard InChI is InChI=1S/C19H21ClFN3O2/c1-22-19(24-12-14-3-2-4-15(21)9-14)23-6-5-13-10-16(20)18-17(11-13)25-7-8-26-18/h2-4,9-11H,5-8,12H2,1H3,(H2,22,23,24). The van der Waals surface area contributed by atoms with Crippen molar-refractivity contribution in [3.05, 3.63) is 58.4 Å². The van der Waals surface area contributed by atoms with Gasteiger partial charge in [0.15, 0.2) is 17.5 Å². The first-order valence-electron chi connectivity index (χ1n) is 8.42. The fraction of sp³-hybridized carbons (Fsp3) is 0.316. The van der Waals surface area contributed by atoms with E-state index >= 15 is 0 Å². The van der Waals surface area contributed by atoms with Crippen molar-refractivity contribution in [3.63, 3.8) is 0 Å². The number of fused-ring (bicyclic) bond motifs is 1. The van der Waals surface area contributed by atoms with Crippen molar-refractivity contribution in [1.82, 2.24) is 10.6 Å². The highest BCUT2D eigenvalue weighted by Gasteiger charge is 2.16. The lowest BCUT2D eigenvalue weighted by atomic mass is 10.1. The monoisotopic (exact) mass is 377 g/mol.